The summed E-state index contributed by atoms with van der Waals surface area (Å²) < 4.78 is 1.75. The molecule has 1 amide bonds. The number of aromatic nitrogens is 2. The third kappa shape index (κ3) is 3.22. The van der Waals surface area contributed by atoms with Gasteiger partial charge in [0.2, 0.25) is 0 Å². The molecule has 0 atom stereocenters. The number of carbonyl (C=O) groups is 1. The SMILES string of the molecule is O=C(NCc1cccc(Cl)c1)c1ccc2c(=O)n3c(nc2c1)CCCC3. The van der Waals surface area contributed by atoms with Crippen LogP contribution in [0.1, 0.15) is 34.6 Å². The quantitative estimate of drug-likeness (QED) is 0.772. The summed E-state index contributed by atoms with van der Waals surface area (Å²) in [7, 11) is 0. The van der Waals surface area contributed by atoms with E-state index in [-0.39, 0.29) is 11.5 Å². The van der Waals surface area contributed by atoms with Crippen molar-refractivity contribution in [3.8, 4) is 0 Å². The highest BCUT2D eigenvalue weighted by atomic mass is 35.5. The standard InChI is InChI=1S/C20H18ClN3O2/c21-15-5-3-4-13(10-15)12-22-19(25)14-7-8-16-17(11-14)23-18-6-1-2-9-24(18)20(16)26/h3-5,7-8,10-11H,1-2,6,9,12H2,(H,22,25). The van der Waals surface area contributed by atoms with Gasteiger partial charge in [-0.3, -0.25) is 14.2 Å². The lowest BCUT2D eigenvalue weighted by Crippen LogP contribution is -2.28. The van der Waals surface area contributed by atoms with Crippen molar-refractivity contribution in [1.82, 2.24) is 14.9 Å². The van der Waals surface area contributed by atoms with Crippen molar-refractivity contribution in [1.29, 1.82) is 0 Å². The lowest BCUT2D eigenvalue weighted by molar-refractivity contribution is 0.0951. The van der Waals surface area contributed by atoms with Gasteiger partial charge in [-0.2, -0.15) is 0 Å². The van der Waals surface area contributed by atoms with Crippen LogP contribution in [0.5, 0.6) is 0 Å². The van der Waals surface area contributed by atoms with Gasteiger partial charge in [0.25, 0.3) is 11.5 Å². The molecule has 0 radical (unpaired) electrons. The van der Waals surface area contributed by atoms with Crippen molar-refractivity contribution in [3.05, 3.63) is 74.8 Å². The summed E-state index contributed by atoms with van der Waals surface area (Å²) in [5, 5.41) is 4.07. The molecule has 0 bridgehead atoms. The van der Waals surface area contributed by atoms with E-state index in [1.807, 2.05) is 18.2 Å². The van der Waals surface area contributed by atoms with E-state index >= 15 is 0 Å². The molecular formula is C20H18ClN3O2. The summed E-state index contributed by atoms with van der Waals surface area (Å²) >= 11 is 5.96. The van der Waals surface area contributed by atoms with Gasteiger partial charge in [0.15, 0.2) is 0 Å². The Morgan fingerprint density at radius 1 is 1.19 bits per heavy atom. The molecule has 0 unspecified atom stereocenters. The van der Waals surface area contributed by atoms with Crippen molar-refractivity contribution < 1.29 is 4.79 Å². The Balaban J connectivity index is 1.60. The fourth-order valence-electron chi connectivity index (χ4n) is 3.31. The lowest BCUT2D eigenvalue weighted by Gasteiger charge is -2.17. The third-order valence-electron chi connectivity index (χ3n) is 4.67. The molecule has 1 aromatic heterocycles. The molecule has 6 heteroatoms. The number of nitrogens with one attached hydrogen (secondary N) is 1. The Morgan fingerprint density at radius 2 is 2.08 bits per heavy atom. The molecule has 0 fully saturated rings. The Bertz CT molecular complexity index is 1060. The summed E-state index contributed by atoms with van der Waals surface area (Å²) in [6.07, 6.45) is 2.85. The van der Waals surface area contributed by atoms with E-state index in [1.165, 1.54) is 0 Å². The summed E-state index contributed by atoms with van der Waals surface area (Å²) in [5.74, 6) is 0.608. The maximum Gasteiger partial charge on any atom is 0.261 e. The van der Waals surface area contributed by atoms with Crippen LogP contribution in [0.25, 0.3) is 10.9 Å². The normalized spacial score (nSPS) is 13.4. The van der Waals surface area contributed by atoms with Gasteiger partial charge >= 0.3 is 0 Å². The maximum absolute atomic E-state index is 12.6. The summed E-state index contributed by atoms with van der Waals surface area (Å²) in [4.78, 5) is 29.7. The van der Waals surface area contributed by atoms with Crippen LogP contribution >= 0.6 is 11.6 Å². The molecule has 2 aromatic carbocycles. The summed E-state index contributed by atoms with van der Waals surface area (Å²) in [5.41, 5.74) is 1.98. The number of carbonyl (C=O) groups excluding carboxylic acids is 1. The van der Waals surface area contributed by atoms with Crippen molar-refractivity contribution in [2.75, 3.05) is 0 Å². The number of halogens is 1. The van der Waals surface area contributed by atoms with E-state index in [1.54, 1.807) is 28.8 Å². The largest absolute Gasteiger partial charge is 0.348 e. The van der Waals surface area contributed by atoms with Crippen LogP contribution in [0, 0.1) is 0 Å². The van der Waals surface area contributed by atoms with Gasteiger partial charge < -0.3 is 5.32 Å². The number of fused-ring (bicyclic) bond motifs is 2. The van der Waals surface area contributed by atoms with Crippen molar-refractivity contribution in [2.45, 2.75) is 32.4 Å². The Morgan fingerprint density at radius 3 is 2.92 bits per heavy atom. The van der Waals surface area contributed by atoms with Gasteiger partial charge in [-0.25, -0.2) is 4.98 Å². The van der Waals surface area contributed by atoms with Gasteiger partial charge in [-0.1, -0.05) is 23.7 Å². The zero-order valence-electron chi connectivity index (χ0n) is 14.2. The molecule has 0 saturated carbocycles. The first-order valence-corrected chi connectivity index (χ1v) is 9.06. The minimum Gasteiger partial charge on any atom is -0.348 e. The van der Waals surface area contributed by atoms with Crippen molar-refractivity contribution in [2.24, 2.45) is 0 Å². The van der Waals surface area contributed by atoms with E-state index < -0.39 is 0 Å². The highest BCUT2D eigenvalue weighted by Gasteiger charge is 2.16. The van der Waals surface area contributed by atoms with Crippen molar-refractivity contribution >= 4 is 28.4 Å². The second kappa shape index (κ2) is 6.92. The number of hydrogen-bond acceptors (Lipinski definition) is 3. The number of amides is 1. The number of aryl methyl sites for hydroxylation is 1. The van der Waals surface area contributed by atoms with Crippen LogP contribution < -0.4 is 10.9 Å². The van der Waals surface area contributed by atoms with Gasteiger partial charge in [-0.05, 0) is 48.7 Å². The number of benzene rings is 2. The number of rotatable bonds is 3. The average Bonchev–Trinajstić information content (AvgIpc) is 2.66. The van der Waals surface area contributed by atoms with Crippen LogP contribution in [0.4, 0.5) is 0 Å². The number of nitrogens with zero attached hydrogens (tertiary/aromatic N) is 2. The molecule has 1 aliphatic rings. The van der Waals surface area contributed by atoms with Crippen LogP contribution in [0.3, 0.4) is 0 Å². The smallest absolute Gasteiger partial charge is 0.261 e. The topological polar surface area (TPSA) is 64.0 Å². The first-order valence-electron chi connectivity index (χ1n) is 8.68. The maximum atomic E-state index is 12.6. The summed E-state index contributed by atoms with van der Waals surface area (Å²) in [6, 6.07) is 12.4. The van der Waals surface area contributed by atoms with Gasteiger partial charge in [0.1, 0.15) is 5.82 Å². The molecule has 0 saturated heterocycles. The highest BCUT2D eigenvalue weighted by Crippen LogP contribution is 2.16. The molecule has 1 N–H and O–H groups in total. The predicted molar refractivity (Wildman–Crippen MR) is 102 cm³/mol. The third-order valence-corrected chi connectivity index (χ3v) is 4.91. The summed E-state index contributed by atoms with van der Waals surface area (Å²) in [6.45, 7) is 1.11. The molecular weight excluding hydrogens is 350 g/mol. The van der Waals surface area contributed by atoms with E-state index in [0.717, 1.165) is 37.2 Å². The minimum atomic E-state index is -0.202. The minimum absolute atomic E-state index is 0.0180. The monoisotopic (exact) mass is 367 g/mol. The molecule has 132 valence electrons. The Hall–Kier alpha value is -2.66. The molecule has 3 aromatic rings. The average molecular weight is 368 g/mol. The van der Waals surface area contributed by atoms with Crippen molar-refractivity contribution in [3.63, 3.8) is 0 Å². The molecule has 4 rings (SSSR count). The highest BCUT2D eigenvalue weighted by molar-refractivity contribution is 6.30. The van der Waals surface area contributed by atoms with Gasteiger partial charge in [0.05, 0.1) is 10.9 Å². The molecule has 0 spiro atoms. The van der Waals surface area contributed by atoms with Crippen LogP contribution in [0.15, 0.2) is 47.3 Å². The Labute approximate surface area is 155 Å². The number of hydrogen-bond donors (Lipinski definition) is 1. The van der Waals surface area contributed by atoms with Crippen LogP contribution in [-0.4, -0.2) is 15.5 Å². The Kier molecular flexibility index (Phi) is 4.47. The zero-order chi connectivity index (χ0) is 18.1. The molecule has 2 heterocycles. The zero-order valence-corrected chi connectivity index (χ0v) is 14.9. The lowest BCUT2D eigenvalue weighted by atomic mass is 10.1. The molecule has 26 heavy (non-hydrogen) atoms. The van der Waals surface area contributed by atoms with Crippen LogP contribution in [-0.2, 0) is 19.5 Å². The second-order valence-corrected chi connectivity index (χ2v) is 6.92. The molecule has 0 aliphatic carbocycles. The first kappa shape index (κ1) is 16.8. The predicted octanol–water partition coefficient (Wildman–Crippen LogP) is 3.32. The molecule has 1 aliphatic heterocycles. The van der Waals surface area contributed by atoms with E-state index in [2.05, 4.69) is 10.3 Å². The first-order chi connectivity index (χ1) is 12.6. The second-order valence-electron chi connectivity index (χ2n) is 6.49. The van der Waals surface area contributed by atoms with Gasteiger partial charge in [-0.15, -0.1) is 0 Å². The van der Waals surface area contributed by atoms with E-state index in [9.17, 15) is 9.59 Å². The fourth-order valence-corrected chi connectivity index (χ4v) is 3.53. The van der Waals surface area contributed by atoms with E-state index in [4.69, 9.17) is 11.6 Å². The molecule has 5 nitrogen and oxygen atoms in total. The van der Waals surface area contributed by atoms with Gasteiger partial charge in [0, 0.05) is 30.1 Å². The van der Waals surface area contributed by atoms with E-state index in [0.29, 0.717) is 28.0 Å². The fraction of sp³-hybridized carbons (Fsp3) is 0.250. The van der Waals surface area contributed by atoms with Crippen LogP contribution in [0.2, 0.25) is 5.02 Å².